The van der Waals surface area contributed by atoms with E-state index in [0.29, 0.717) is 6.42 Å². The molecule has 112 valence electrons. The molecule has 0 aromatic carbocycles. The third-order valence-corrected chi connectivity index (χ3v) is 4.12. The highest BCUT2D eigenvalue weighted by atomic mass is 19.4. The van der Waals surface area contributed by atoms with Crippen LogP contribution in [0.3, 0.4) is 0 Å². The molecular weight excluding hydrogens is 265 g/mol. The summed E-state index contributed by atoms with van der Waals surface area (Å²) in [6, 6.07) is 3.75. The van der Waals surface area contributed by atoms with E-state index in [1.807, 2.05) is 19.1 Å². The van der Waals surface area contributed by atoms with Crippen molar-refractivity contribution in [1.29, 1.82) is 0 Å². The number of hydrogen-bond donors (Lipinski definition) is 1. The standard InChI is InChI=1S/C15H21F3N2/c1-2-20-14(12-6-4-8-19-10-12)11-5-3-7-13(9-11)15(16,17)18/h4,6,8,10-11,13-14,20H,2-3,5,7,9H2,1H3. The molecule has 1 aliphatic rings. The van der Waals surface area contributed by atoms with E-state index in [9.17, 15) is 13.2 Å². The first kappa shape index (κ1) is 15.3. The van der Waals surface area contributed by atoms with Gasteiger partial charge < -0.3 is 5.32 Å². The quantitative estimate of drug-likeness (QED) is 0.901. The van der Waals surface area contributed by atoms with Crippen LogP contribution in [-0.2, 0) is 0 Å². The summed E-state index contributed by atoms with van der Waals surface area (Å²) in [5.41, 5.74) is 0.988. The van der Waals surface area contributed by atoms with Gasteiger partial charge in [0.15, 0.2) is 0 Å². The molecule has 1 N–H and O–H groups in total. The third kappa shape index (κ3) is 3.72. The van der Waals surface area contributed by atoms with E-state index in [0.717, 1.165) is 18.5 Å². The van der Waals surface area contributed by atoms with Crippen molar-refractivity contribution in [3.05, 3.63) is 30.1 Å². The fraction of sp³-hybridized carbons (Fsp3) is 0.667. The van der Waals surface area contributed by atoms with Gasteiger partial charge >= 0.3 is 6.18 Å². The smallest absolute Gasteiger partial charge is 0.310 e. The molecule has 3 atom stereocenters. The van der Waals surface area contributed by atoms with E-state index in [-0.39, 0.29) is 24.8 Å². The first-order chi connectivity index (χ1) is 9.52. The molecule has 0 amide bonds. The highest BCUT2D eigenvalue weighted by Gasteiger charge is 2.43. The number of halogens is 3. The Morgan fingerprint density at radius 2 is 2.20 bits per heavy atom. The normalized spacial score (nSPS) is 25.4. The van der Waals surface area contributed by atoms with E-state index in [1.165, 1.54) is 0 Å². The second-order valence-electron chi connectivity index (χ2n) is 5.49. The average Bonchev–Trinajstić information content (AvgIpc) is 2.45. The van der Waals surface area contributed by atoms with E-state index >= 15 is 0 Å². The lowest BCUT2D eigenvalue weighted by Crippen LogP contribution is -2.35. The molecule has 0 spiro atoms. The van der Waals surface area contributed by atoms with Crippen LogP contribution in [0.15, 0.2) is 24.5 Å². The Morgan fingerprint density at radius 3 is 2.80 bits per heavy atom. The second-order valence-corrected chi connectivity index (χ2v) is 5.49. The largest absolute Gasteiger partial charge is 0.391 e. The molecule has 2 nitrogen and oxygen atoms in total. The number of hydrogen-bond acceptors (Lipinski definition) is 2. The molecule has 20 heavy (non-hydrogen) atoms. The Labute approximate surface area is 117 Å². The number of rotatable bonds is 4. The molecule has 0 radical (unpaired) electrons. The number of pyridine rings is 1. The van der Waals surface area contributed by atoms with Crippen LogP contribution in [0.4, 0.5) is 13.2 Å². The average molecular weight is 286 g/mol. The van der Waals surface area contributed by atoms with Crippen LogP contribution in [0.25, 0.3) is 0 Å². The minimum Gasteiger partial charge on any atom is -0.310 e. The Balaban J connectivity index is 2.13. The molecule has 1 saturated carbocycles. The van der Waals surface area contributed by atoms with Crippen molar-refractivity contribution in [2.75, 3.05) is 6.54 Å². The first-order valence-corrected chi connectivity index (χ1v) is 7.22. The van der Waals surface area contributed by atoms with E-state index < -0.39 is 12.1 Å². The van der Waals surface area contributed by atoms with E-state index in [1.54, 1.807) is 12.4 Å². The van der Waals surface area contributed by atoms with Gasteiger partial charge in [-0.3, -0.25) is 4.98 Å². The Bertz CT molecular complexity index is 405. The number of nitrogens with one attached hydrogen (secondary N) is 1. The van der Waals surface area contributed by atoms with Crippen LogP contribution in [-0.4, -0.2) is 17.7 Å². The van der Waals surface area contributed by atoms with Crippen molar-refractivity contribution in [3.63, 3.8) is 0 Å². The molecule has 0 aliphatic heterocycles. The maximum atomic E-state index is 12.9. The predicted molar refractivity (Wildman–Crippen MR) is 72.2 cm³/mol. The molecule has 1 aromatic heterocycles. The van der Waals surface area contributed by atoms with E-state index in [2.05, 4.69) is 10.3 Å². The fourth-order valence-electron chi connectivity index (χ4n) is 3.16. The van der Waals surface area contributed by atoms with Crippen molar-refractivity contribution < 1.29 is 13.2 Å². The number of aromatic nitrogens is 1. The highest BCUT2D eigenvalue weighted by molar-refractivity contribution is 5.15. The molecular formula is C15H21F3N2. The molecule has 0 bridgehead atoms. The second kappa shape index (κ2) is 6.57. The van der Waals surface area contributed by atoms with Crippen LogP contribution in [0.2, 0.25) is 0 Å². The summed E-state index contributed by atoms with van der Waals surface area (Å²) in [7, 11) is 0. The maximum absolute atomic E-state index is 12.9. The van der Waals surface area contributed by atoms with Crippen LogP contribution in [0.1, 0.15) is 44.2 Å². The van der Waals surface area contributed by atoms with Gasteiger partial charge in [0.25, 0.3) is 0 Å². The first-order valence-electron chi connectivity index (χ1n) is 7.22. The zero-order valence-electron chi connectivity index (χ0n) is 11.7. The minimum absolute atomic E-state index is 0.0273. The van der Waals surface area contributed by atoms with Crippen molar-refractivity contribution in [2.45, 2.75) is 44.8 Å². The maximum Gasteiger partial charge on any atom is 0.391 e. The zero-order valence-corrected chi connectivity index (χ0v) is 11.7. The Morgan fingerprint density at radius 1 is 1.40 bits per heavy atom. The van der Waals surface area contributed by atoms with Crippen LogP contribution < -0.4 is 5.32 Å². The van der Waals surface area contributed by atoms with Gasteiger partial charge in [0.2, 0.25) is 0 Å². The van der Waals surface area contributed by atoms with Crippen LogP contribution in [0.5, 0.6) is 0 Å². The summed E-state index contributed by atoms with van der Waals surface area (Å²) >= 11 is 0. The lowest BCUT2D eigenvalue weighted by molar-refractivity contribution is -0.186. The van der Waals surface area contributed by atoms with Crippen molar-refractivity contribution in [2.24, 2.45) is 11.8 Å². The molecule has 0 saturated heterocycles. The van der Waals surface area contributed by atoms with Crippen molar-refractivity contribution in [3.8, 4) is 0 Å². The number of alkyl halides is 3. The highest BCUT2D eigenvalue weighted by Crippen LogP contribution is 2.43. The summed E-state index contributed by atoms with van der Waals surface area (Å²) in [6.07, 6.45) is 1.36. The Kier molecular flexibility index (Phi) is 5.02. The van der Waals surface area contributed by atoms with Crippen molar-refractivity contribution >= 4 is 0 Å². The van der Waals surface area contributed by atoms with Gasteiger partial charge in [-0.25, -0.2) is 0 Å². The number of nitrogens with zero attached hydrogens (tertiary/aromatic N) is 1. The SMILES string of the molecule is CCNC(c1cccnc1)C1CCCC(C(F)(F)F)C1. The molecule has 1 aliphatic carbocycles. The fourth-order valence-corrected chi connectivity index (χ4v) is 3.16. The molecule has 3 unspecified atom stereocenters. The molecule has 1 heterocycles. The third-order valence-electron chi connectivity index (χ3n) is 4.12. The summed E-state index contributed by atoms with van der Waals surface area (Å²) in [5, 5.41) is 3.33. The van der Waals surface area contributed by atoms with Crippen LogP contribution in [0, 0.1) is 11.8 Å². The van der Waals surface area contributed by atoms with Crippen LogP contribution >= 0.6 is 0 Å². The topological polar surface area (TPSA) is 24.9 Å². The summed E-state index contributed by atoms with van der Waals surface area (Å²) in [4.78, 5) is 4.09. The minimum atomic E-state index is -4.07. The van der Waals surface area contributed by atoms with Gasteiger partial charge in [-0.05, 0) is 43.4 Å². The van der Waals surface area contributed by atoms with Crippen molar-refractivity contribution in [1.82, 2.24) is 10.3 Å². The zero-order chi connectivity index (χ0) is 14.6. The summed E-state index contributed by atoms with van der Waals surface area (Å²) in [6.45, 7) is 2.72. The van der Waals surface area contributed by atoms with Gasteiger partial charge in [-0.2, -0.15) is 13.2 Å². The van der Waals surface area contributed by atoms with Gasteiger partial charge in [0.05, 0.1) is 5.92 Å². The summed E-state index contributed by atoms with van der Waals surface area (Å²) in [5.74, 6) is -1.13. The summed E-state index contributed by atoms with van der Waals surface area (Å²) < 4.78 is 38.8. The lowest BCUT2D eigenvalue weighted by atomic mass is 9.76. The van der Waals surface area contributed by atoms with Gasteiger partial charge in [0.1, 0.15) is 0 Å². The molecule has 1 aromatic rings. The van der Waals surface area contributed by atoms with E-state index in [4.69, 9.17) is 0 Å². The monoisotopic (exact) mass is 286 g/mol. The van der Waals surface area contributed by atoms with Gasteiger partial charge in [0, 0.05) is 18.4 Å². The van der Waals surface area contributed by atoms with Gasteiger partial charge in [-0.1, -0.05) is 19.4 Å². The Hall–Kier alpha value is -1.10. The molecule has 2 rings (SSSR count). The van der Waals surface area contributed by atoms with Gasteiger partial charge in [-0.15, -0.1) is 0 Å². The lowest BCUT2D eigenvalue weighted by Gasteiger charge is -2.35. The molecule has 5 heteroatoms. The predicted octanol–water partition coefficient (Wildman–Crippen LogP) is 4.10. The molecule has 1 fully saturated rings.